The predicted octanol–water partition coefficient (Wildman–Crippen LogP) is 3.36. The van der Waals surface area contributed by atoms with Crippen molar-refractivity contribution in [2.24, 2.45) is 0 Å². The number of benzene rings is 1. The van der Waals surface area contributed by atoms with E-state index in [1.807, 2.05) is 16.4 Å². The molecule has 1 unspecified atom stereocenters. The molecule has 1 aromatic rings. The smallest absolute Gasteiger partial charge is 0.243 e. The second-order valence-corrected chi connectivity index (χ2v) is 11.4. The Bertz CT molecular complexity index is 834. The minimum Gasteiger partial charge on any atom is -0.375 e. The fourth-order valence-electron chi connectivity index (χ4n) is 5.97. The fourth-order valence-corrected chi connectivity index (χ4v) is 7.92. The molecule has 3 aliphatic heterocycles. The molecule has 29 heavy (non-hydrogen) atoms. The molecule has 0 aromatic heterocycles. The van der Waals surface area contributed by atoms with Gasteiger partial charge in [0.15, 0.2) is 0 Å². The normalized spacial score (nSPS) is 31.7. The monoisotopic (exact) mass is 418 g/mol. The molecule has 5 nitrogen and oxygen atoms in total. The summed E-state index contributed by atoms with van der Waals surface area (Å²) in [5, 5.41) is 0. The van der Waals surface area contributed by atoms with Gasteiger partial charge in [-0.3, -0.25) is 0 Å². The van der Waals surface area contributed by atoms with Crippen molar-refractivity contribution in [2.75, 3.05) is 20.1 Å². The Labute approximate surface area is 175 Å². The van der Waals surface area contributed by atoms with Crippen LogP contribution in [0.25, 0.3) is 0 Å². The minimum atomic E-state index is -3.42. The lowest BCUT2D eigenvalue weighted by molar-refractivity contribution is -0.0669. The van der Waals surface area contributed by atoms with Crippen molar-refractivity contribution in [1.82, 2.24) is 9.21 Å². The number of fused-ring (bicyclic) bond motifs is 3. The Morgan fingerprint density at radius 3 is 2.24 bits per heavy atom. The minimum absolute atomic E-state index is 0.103. The van der Waals surface area contributed by atoms with E-state index in [0.717, 1.165) is 64.5 Å². The van der Waals surface area contributed by atoms with E-state index >= 15 is 0 Å². The van der Waals surface area contributed by atoms with Crippen molar-refractivity contribution >= 4 is 10.0 Å². The van der Waals surface area contributed by atoms with Gasteiger partial charge in [-0.2, -0.15) is 4.31 Å². The van der Waals surface area contributed by atoms with Gasteiger partial charge < -0.3 is 9.64 Å². The van der Waals surface area contributed by atoms with Gasteiger partial charge in [-0.25, -0.2) is 8.42 Å². The molecule has 1 aliphatic carbocycles. The molecular weight excluding hydrogens is 384 g/mol. The number of likely N-dealkylation sites (tertiary alicyclic amines) is 1. The Kier molecular flexibility index (Phi) is 5.48. The highest BCUT2D eigenvalue weighted by Gasteiger charge is 2.48. The lowest BCUT2D eigenvalue weighted by Crippen LogP contribution is -2.49. The van der Waals surface area contributed by atoms with Gasteiger partial charge >= 0.3 is 0 Å². The lowest BCUT2D eigenvalue weighted by Gasteiger charge is -2.40. The van der Waals surface area contributed by atoms with Crippen molar-refractivity contribution < 1.29 is 13.2 Å². The van der Waals surface area contributed by atoms with E-state index < -0.39 is 10.0 Å². The Balaban J connectivity index is 1.30. The van der Waals surface area contributed by atoms with Crippen LogP contribution >= 0.6 is 0 Å². The molecule has 6 heteroatoms. The van der Waals surface area contributed by atoms with Gasteiger partial charge in [0.05, 0.1) is 17.1 Å². The maximum absolute atomic E-state index is 13.5. The standard InChI is InChI=1S/C23H34N2O3S/c1-24-12-10-21(11-13-24)28-22-15-19-7-8-20(16-22)25(19)29(26,27)23-9-6-17-4-2-3-5-18(17)14-23/h6,9,14,19-22H,2-5,7-8,10-13,15-16H2,1H3/t19-,20+,22?. The molecule has 1 aromatic carbocycles. The molecule has 3 atom stereocenters. The van der Waals surface area contributed by atoms with Crippen LogP contribution in [-0.2, 0) is 27.6 Å². The van der Waals surface area contributed by atoms with Gasteiger partial charge in [0, 0.05) is 25.2 Å². The summed E-state index contributed by atoms with van der Waals surface area (Å²) in [7, 11) is -1.26. The number of aryl methyl sites for hydroxylation is 2. The third-order valence-corrected chi connectivity index (χ3v) is 9.57. The molecule has 0 spiro atoms. The Hall–Kier alpha value is -0.950. The topological polar surface area (TPSA) is 49.9 Å². The van der Waals surface area contributed by atoms with Crippen LogP contribution in [0.3, 0.4) is 0 Å². The fraction of sp³-hybridized carbons (Fsp3) is 0.739. The molecular formula is C23H34N2O3S. The number of rotatable bonds is 4. The van der Waals surface area contributed by atoms with Crippen LogP contribution in [0, 0.1) is 0 Å². The van der Waals surface area contributed by atoms with Gasteiger partial charge in [0.2, 0.25) is 10.0 Å². The van der Waals surface area contributed by atoms with Crippen molar-refractivity contribution in [3.05, 3.63) is 29.3 Å². The quantitative estimate of drug-likeness (QED) is 0.752. The first-order valence-electron chi connectivity index (χ1n) is 11.5. The number of nitrogens with zero attached hydrogens (tertiary/aromatic N) is 2. The van der Waals surface area contributed by atoms with Gasteiger partial charge in [-0.05, 0) is 94.5 Å². The number of sulfonamides is 1. The van der Waals surface area contributed by atoms with E-state index in [1.54, 1.807) is 0 Å². The molecule has 2 bridgehead atoms. The summed E-state index contributed by atoms with van der Waals surface area (Å²) in [5.74, 6) is 0. The summed E-state index contributed by atoms with van der Waals surface area (Å²) >= 11 is 0. The summed E-state index contributed by atoms with van der Waals surface area (Å²) in [5.41, 5.74) is 2.58. The maximum atomic E-state index is 13.5. The first kappa shape index (κ1) is 20.0. The van der Waals surface area contributed by atoms with E-state index in [1.165, 1.54) is 24.0 Å². The van der Waals surface area contributed by atoms with Crippen LogP contribution in [0.1, 0.15) is 62.5 Å². The SMILES string of the molecule is CN1CCC(OC2C[C@H]3CC[C@@H](C2)N3S(=O)(=O)c2ccc3c(c2)CCCC3)CC1. The summed E-state index contributed by atoms with van der Waals surface area (Å²) in [6, 6.07) is 6.07. The van der Waals surface area contributed by atoms with Crippen molar-refractivity contribution in [2.45, 2.75) is 93.4 Å². The Morgan fingerprint density at radius 2 is 1.55 bits per heavy atom. The lowest BCUT2D eigenvalue weighted by atomic mass is 9.92. The predicted molar refractivity (Wildman–Crippen MR) is 114 cm³/mol. The van der Waals surface area contributed by atoms with Crippen LogP contribution in [0.5, 0.6) is 0 Å². The number of ether oxygens (including phenoxy) is 1. The van der Waals surface area contributed by atoms with Crippen LogP contribution in [-0.4, -0.2) is 62.1 Å². The van der Waals surface area contributed by atoms with Gasteiger partial charge in [0.1, 0.15) is 0 Å². The van der Waals surface area contributed by atoms with Crippen LogP contribution in [0.15, 0.2) is 23.1 Å². The van der Waals surface area contributed by atoms with Crippen molar-refractivity contribution in [3.8, 4) is 0 Å². The van der Waals surface area contributed by atoms with E-state index in [0.29, 0.717) is 11.0 Å². The molecule has 4 aliphatic rings. The summed E-state index contributed by atoms with van der Waals surface area (Å²) in [4.78, 5) is 2.86. The highest BCUT2D eigenvalue weighted by Crippen LogP contribution is 2.41. The number of hydrogen-bond acceptors (Lipinski definition) is 4. The van der Waals surface area contributed by atoms with E-state index in [-0.39, 0.29) is 18.2 Å². The van der Waals surface area contributed by atoms with Crippen LogP contribution in [0.2, 0.25) is 0 Å². The molecule has 0 saturated carbocycles. The maximum Gasteiger partial charge on any atom is 0.243 e. The van der Waals surface area contributed by atoms with Crippen LogP contribution < -0.4 is 0 Å². The zero-order valence-corrected chi connectivity index (χ0v) is 18.4. The third-order valence-electron chi connectivity index (χ3n) is 7.57. The van der Waals surface area contributed by atoms with E-state index in [9.17, 15) is 8.42 Å². The van der Waals surface area contributed by atoms with Crippen LogP contribution in [0.4, 0.5) is 0 Å². The van der Waals surface area contributed by atoms with Crippen molar-refractivity contribution in [3.63, 3.8) is 0 Å². The van der Waals surface area contributed by atoms with E-state index in [4.69, 9.17) is 4.74 Å². The molecule has 3 fully saturated rings. The van der Waals surface area contributed by atoms with Gasteiger partial charge in [-0.15, -0.1) is 0 Å². The zero-order chi connectivity index (χ0) is 20.0. The molecule has 0 radical (unpaired) electrons. The average molecular weight is 419 g/mol. The zero-order valence-electron chi connectivity index (χ0n) is 17.6. The molecule has 0 N–H and O–H groups in total. The number of hydrogen-bond donors (Lipinski definition) is 0. The molecule has 5 rings (SSSR count). The largest absolute Gasteiger partial charge is 0.375 e. The summed E-state index contributed by atoms with van der Waals surface area (Å²) in [6.07, 6.45) is 10.9. The molecule has 3 saturated heterocycles. The molecule has 160 valence electrons. The second-order valence-electron chi connectivity index (χ2n) is 9.59. The summed E-state index contributed by atoms with van der Waals surface area (Å²) < 4.78 is 35.4. The molecule has 3 heterocycles. The first-order chi connectivity index (χ1) is 14.0. The molecule has 0 amide bonds. The highest BCUT2D eigenvalue weighted by molar-refractivity contribution is 7.89. The van der Waals surface area contributed by atoms with Gasteiger partial charge in [-0.1, -0.05) is 6.07 Å². The van der Waals surface area contributed by atoms with Gasteiger partial charge in [0.25, 0.3) is 0 Å². The number of piperidine rings is 2. The van der Waals surface area contributed by atoms with E-state index in [2.05, 4.69) is 18.0 Å². The second kappa shape index (κ2) is 7.95. The Morgan fingerprint density at radius 1 is 0.897 bits per heavy atom. The first-order valence-corrected chi connectivity index (χ1v) is 12.9. The highest BCUT2D eigenvalue weighted by atomic mass is 32.2. The summed E-state index contributed by atoms with van der Waals surface area (Å²) in [6.45, 7) is 2.20. The van der Waals surface area contributed by atoms with Crippen molar-refractivity contribution in [1.29, 1.82) is 0 Å². The third kappa shape index (κ3) is 3.89. The average Bonchev–Trinajstić information content (AvgIpc) is 3.01.